The summed E-state index contributed by atoms with van der Waals surface area (Å²) < 4.78 is 5.48. The predicted molar refractivity (Wildman–Crippen MR) is 160 cm³/mol. The molecule has 1 saturated heterocycles. The van der Waals surface area contributed by atoms with Gasteiger partial charge in [-0.25, -0.2) is 0 Å². The molecule has 5 nitrogen and oxygen atoms in total. The number of Topliss-reactive ketones (excluding diaryl/α,β-unsaturated/α-hetero) is 1. The van der Waals surface area contributed by atoms with Crippen molar-refractivity contribution in [1.82, 2.24) is 4.90 Å². The molecule has 0 N–H and O–H groups in total. The topological polar surface area (TPSA) is 59.0 Å². The first-order chi connectivity index (χ1) is 18.9. The molecule has 0 radical (unpaired) electrons. The van der Waals surface area contributed by atoms with Crippen LogP contribution in [0.15, 0.2) is 88.8 Å². The van der Waals surface area contributed by atoms with Crippen molar-refractivity contribution in [3.05, 3.63) is 117 Å². The van der Waals surface area contributed by atoms with Crippen LogP contribution in [-0.2, 0) is 9.53 Å². The molecule has 0 bridgehead atoms. The number of hydrogen-bond donors (Lipinski definition) is 0. The van der Waals surface area contributed by atoms with Crippen LogP contribution in [0.3, 0.4) is 0 Å². The number of halogens is 1. The molecule has 198 valence electrons. The first-order valence-electron chi connectivity index (χ1n) is 12.9. The lowest BCUT2D eigenvalue weighted by Crippen LogP contribution is -2.38. The molecule has 1 amide bonds. The minimum absolute atomic E-state index is 0.000105. The minimum atomic E-state index is -0.270. The minimum Gasteiger partial charge on any atom is -0.378 e. The summed E-state index contributed by atoms with van der Waals surface area (Å²) in [6, 6.07) is 23.1. The normalized spacial score (nSPS) is 17.3. The molecule has 0 spiro atoms. The third-order valence-corrected chi connectivity index (χ3v) is 8.11. The number of ketones is 1. The van der Waals surface area contributed by atoms with Crippen LogP contribution in [0.5, 0.6) is 0 Å². The molecule has 7 heteroatoms. The fourth-order valence-electron chi connectivity index (χ4n) is 4.46. The van der Waals surface area contributed by atoms with Crippen LogP contribution < -0.4 is 0 Å². The van der Waals surface area contributed by atoms with Crippen molar-refractivity contribution < 1.29 is 14.3 Å². The molecule has 2 heterocycles. The number of morpholine rings is 1. The van der Waals surface area contributed by atoms with E-state index in [0.717, 1.165) is 33.4 Å². The van der Waals surface area contributed by atoms with Gasteiger partial charge in [-0.1, -0.05) is 83.4 Å². The summed E-state index contributed by atoms with van der Waals surface area (Å²) in [5.74, 6) is -0.270. The van der Waals surface area contributed by atoms with Gasteiger partial charge in [0, 0.05) is 35.7 Å². The molecule has 2 aliphatic heterocycles. The highest BCUT2D eigenvalue weighted by Crippen LogP contribution is 2.38. The van der Waals surface area contributed by atoms with Crippen molar-refractivity contribution in [3.8, 4) is 0 Å². The first-order valence-corrected chi connectivity index (χ1v) is 14.1. The van der Waals surface area contributed by atoms with Crippen LogP contribution in [0.4, 0.5) is 0 Å². The molecule has 0 aliphatic carbocycles. The number of ether oxygens (including phenoxy) is 1. The van der Waals surface area contributed by atoms with E-state index in [9.17, 15) is 9.59 Å². The van der Waals surface area contributed by atoms with Gasteiger partial charge in [0.15, 0.2) is 11.0 Å². The summed E-state index contributed by atoms with van der Waals surface area (Å²) >= 11 is 7.58. The van der Waals surface area contributed by atoms with Crippen molar-refractivity contribution in [2.75, 3.05) is 26.3 Å². The third kappa shape index (κ3) is 6.59. The second kappa shape index (κ2) is 12.2. The number of thioether (sulfide) groups is 1. The maximum Gasteiger partial charge on any atom is 0.286 e. The van der Waals surface area contributed by atoms with E-state index in [-0.39, 0.29) is 18.1 Å². The van der Waals surface area contributed by atoms with E-state index in [1.54, 1.807) is 0 Å². The van der Waals surface area contributed by atoms with E-state index in [0.29, 0.717) is 47.0 Å². The SMILES string of the molecule is Cc1ccc(C(=O)C/C(=C\C(=C2\SC(N3CCOCC3)=NC2=O)c2ccc(C)cc2)c2ccc(Cl)cc2)cc1. The Morgan fingerprint density at radius 1 is 0.897 bits per heavy atom. The van der Waals surface area contributed by atoms with E-state index in [1.807, 2.05) is 92.7 Å². The predicted octanol–water partition coefficient (Wildman–Crippen LogP) is 6.99. The molecule has 2 aliphatic rings. The molecule has 0 aromatic heterocycles. The zero-order chi connectivity index (χ0) is 27.4. The highest BCUT2D eigenvalue weighted by atomic mass is 35.5. The molecule has 39 heavy (non-hydrogen) atoms. The highest BCUT2D eigenvalue weighted by Gasteiger charge is 2.30. The van der Waals surface area contributed by atoms with Gasteiger partial charge in [-0.3, -0.25) is 9.59 Å². The summed E-state index contributed by atoms with van der Waals surface area (Å²) in [7, 11) is 0. The van der Waals surface area contributed by atoms with Crippen LogP contribution in [0, 0.1) is 13.8 Å². The van der Waals surface area contributed by atoms with E-state index >= 15 is 0 Å². The lowest BCUT2D eigenvalue weighted by molar-refractivity contribution is -0.113. The smallest absolute Gasteiger partial charge is 0.286 e. The summed E-state index contributed by atoms with van der Waals surface area (Å²) in [4.78, 5) is 33.8. The Hall–Kier alpha value is -3.45. The number of benzene rings is 3. The number of aryl methyl sites for hydroxylation is 2. The standard InChI is InChI=1S/C32H29ClN2O3S/c1-21-3-7-24(8-4-21)28(30-31(37)34-32(39-30)35-15-17-38-18-16-35)19-26(23-11-13-27(33)14-12-23)20-29(36)25-9-5-22(2)6-10-25/h3-14,19H,15-18,20H2,1-2H3/b26-19+,30-28-. The van der Waals surface area contributed by atoms with E-state index in [2.05, 4.69) is 9.89 Å². The Balaban J connectivity index is 1.59. The summed E-state index contributed by atoms with van der Waals surface area (Å²) in [5.41, 5.74) is 6.18. The fourth-order valence-corrected chi connectivity index (χ4v) is 5.63. The molecular weight excluding hydrogens is 528 g/mol. The van der Waals surface area contributed by atoms with Crippen LogP contribution in [0.2, 0.25) is 5.02 Å². The van der Waals surface area contributed by atoms with Crippen molar-refractivity contribution >= 4 is 51.4 Å². The Morgan fingerprint density at radius 2 is 1.46 bits per heavy atom. The van der Waals surface area contributed by atoms with Crippen molar-refractivity contribution in [2.45, 2.75) is 20.3 Å². The second-order valence-electron chi connectivity index (χ2n) is 9.65. The fraction of sp³-hybridized carbons (Fsp3) is 0.219. The third-order valence-electron chi connectivity index (χ3n) is 6.73. The monoisotopic (exact) mass is 556 g/mol. The number of hydrogen-bond acceptors (Lipinski definition) is 5. The van der Waals surface area contributed by atoms with Crippen LogP contribution >= 0.6 is 23.4 Å². The molecule has 3 aromatic carbocycles. The molecule has 1 fully saturated rings. The molecular formula is C32H29ClN2O3S. The number of amidine groups is 1. The lowest BCUT2D eigenvalue weighted by atomic mass is 9.93. The number of carbonyl (C=O) groups excluding carboxylic acids is 2. The van der Waals surface area contributed by atoms with Crippen LogP contribution in [0.25, 0.3) is 11.1 Å². The van der Waals surface area contributed by atoms with Crippen LogP contribution in [0.1, 0.15) is 39.0 Å². The highest BCUT2D eigenvalue weighted by molar-refractivity contribution is 8.18. The number of allylic oxidation sites excluding steroid dienone is 3. The zero-order valence-corrected chi connectivity index (χ0v) is 23.5. The average molecular weight is 557 g/mol. The molecule has 0 atom stereocenters. The average Bonchev–Trinajstić information content (AvgIpc) is 3.34. The van der Waals surface area contributed by atoms with Crippen molar-refractivity contribution in [2.24, 2.45) is 4.99 Å². The number of rotatable bonds is 6. The number of nitrogens with zero attached hydrogens (tertiary/aromatic N) is 2. The Kier molecular flexibility index (Phi) is 8.46. The molecule has 5 rings (SSSR count). The van der Waals surface area contributed by atoms with Gasteiger partial charge >= 0.3 is 0 Å². The summed E-state index contributed by atoms with van der Waals surface area (Å²) in [6.07, 6.45) is 2.14. The number of carbonyl (C=O) groups is 2. The largest absolute Gasteiger partial charge is 0.378 e. The molecule has 0 saturated carbocycles. The molecule has 0 unspecified atom stereocenters. The lowest BCUT2D eigenvalue weighted by Gasteiger charge is -2.27. The summed E-state index contributed by atoms with van der Waals surface area (Å²) in [5, 5.41) is 1.31. The number of aliphatic imine (C=N–C) groups is 1. The maximum atomic E-state index is 13.4. The Labute approximate surface area is 238 Å². The Bertz CT molecular complexity index is 1470. The van der Waals surface area contributed by atoms with E-state index in [1.165, 1.54) is 11.8 Å². The van der Waals surface area contributed by atoms with Gasteiger partial charge in [-0.05, 0) is 60.5 Å². The van der Waals surface area contributed by atoms with Gasteiger partial charge in [0.1, 0.15) is 0 Å². The first kappa shape index (κ1) is 27.1. The van der Waals surface area contributed by atoms with Gasteiger partial charge in [0.05, 0.1) is 18.1 Å². The van der Waals surface area contributed by atoms with Crippen molar-refractivity contribution in [1.29, 1.82) is 0 Å². The Morgan fingerprint density at radius 3 is 2.08 bits per heavy atom. The quantitative estimate of drug-likeness (QED) is 0.242. The van der Waals surface area contributed by atoms with Crippen molar-refractivity contribution in [3.63, 3.8) is 0 Å². The second-order valence-corrected chi connectivity index (χ2v) is 11.1. The van der Waals surface area contributed by atoms with Crippen LogP contribution in [-0.4, -0.2) is 48.1 Å². The van der Waals surface area contributed by atoms with Gasteiger partial charge in [-0.15, -0.1) is 0 Å². The zero-order valence-electron chi connectivity index (χ0n) is 21.9. The van der Waals surface area contributed by atoms with Gasteiger partial charge in [0.2, 0.25) is 0 Å². The van der Waals surface area contributed by atoms with Gasteiger partial charge in [0.25, 0.3) is 5.91 Å². The van der Waals surface area contributed by atoms with E-state index in [4.69, 9.17) is 16.3 Å². The maximum absolute atomic E-state index is 13.4. The number of amides is 1. The van der Waals surface area contributed by atoms with E-state index < -0.39 is 0 Å². The summed E-state index contributed by atoms with van der Waals surface area (Å²) in [6.45, 7) is 6.64. The van der Waals surface area contributed by atoms with Gasteiger partial charge in [-0.2, -0.15) is 4.99 Å². The molecule has 3 aromatic rings. The van der Waals surface area contributed by atoms with Gasteiger partial charge < -0.3 is 9.64 Å².